The summed E-state index contributed by atoms with van der Waals surface area (Å²) in [5.41, 5.74) is 2.23. The number of carbonyl (C=O) groups excluding carboxylic acids is 3. The Kier molecular flexibility index (Phi) is 14.2. The molecule has 1 fully saturated rings. The number of hydrogen-bond donors (Lipinski definition) is 2. The number of ether oxygens (including phenoxy) is 1. The van der Waals surface area contributed by atoms with Gasteiger partial charge in [0.2, 0.25) is 11.8 Å². The van der Waals surface area contributed by atoms with Crippen LogP contribution in [-0.2, 0) is 27.4 Å². The molecule has 0 spiro atoms. The van der Waals surface area contributed by atoms with E-state index < -0.39 is 12.1 Å². The number of alkyl carbamates (subject to hydrolysis) is 1. The van der Waals surface area contributed by atoms with Crippen LogP contribution in [0.2, 0.25) is 0 Å². The fourth-order valence-corrected chi connectivity index (χ4v) is 5.49. The molecule has 0 bridgehead atoms. The van der Waals surface area contributed by atoms with Crippen LogP contribution >= 0.6 is 0 Å². The van der Waals surface area contributed by atoms with Gasteiger partial charge in [0.05, 0.1) is 0 Å². The van der Waals surface area contributed by atoms with Gasteiger partial charge in [-0.15, -0.1) is 0 Å². The average molecular weight is 564 g/mol. The van der Waals surface area contributed by atoms with Crippen LogP contribution in [0, 0.1) is 11.8 Å². The molecule has 0 unspecified atom stereocenters. The second-order valence-electron chi connectivity index (χ2n) is 11.3. The minimum absolute atomic E-state index is 0.0468. The van der Waals surface area contributed by atoms with Crippen LogP contribution in [0.5, 0.6) is 0 Å². The number of benzene rings is 2. The van der Waals surface area contributed by atoms with Crippen LogP contribution in [0.15, 0.2) is 60.7 Å². The molecule has 1 aliphatic rings. The Morgan fingerprint density at radius 1 is 0.878 bits per heavy atom. The first-order valence-corrected chi connectivity index (χ1v) is 15.6. The molecule has 1 saturated heterocycles. The lowest BCUT2D eigenvalue weighted by Gasteiger charge is -2.34. The zero-order chi connectivity index (χ0) is 29.3. The van der Waals surface area contributed by atoms with Crippen molar-refractivity contribution in [3.05, 3.63) is 71.8 Å². The highest BCUT2D eigenvalue weighted by Gasteiger charge is 2.29. The Labute approximate surface area is 246 Å². The van der Waals surface area contributed by atoms with Crippen molar-refractivity contribution in [2.24, 2.45) is 11.8 Å². The summed E-state index contributed by atoms with van der Waals surface area (Å²) in [4.78, 5) is 40.7. The molecule has 224 valence electrons. The fourth-order valence-electron chi connectivity index (χ4n) is 5.49. The highest BCUT2D eigenvalue weighted by Crippen LogP contribution is 2.23. The molecule has 3 amide bonds. The molecule has 2 atom stereocenters. The van der Waals surface area contributed by atoms with E-state index in [9.17, 15) is 14.4 Å². The quantitative estimate of drug-likeness (QED) is 0.236. The highest BCUT2D eigenvalue weighted by atomic mass is 16.5. The number of rotatable bonds is 16. The van der Waals surface area contributed by atoms with Gasteiger partial charge in [0.25, 0.3) is 0 Å². The van der Waals surface area contributed by atoms with Crippen LogP contribution in [0.1, 0.15) is 82.8 Å². The third kappa shape index (κ3) is 11.6. The first-order valence-electron chi connectivity index (χ1n) is 15.6. The smallest absolute Gasteiger partial charge is 0.408 e. The number of nitrogens with one attached hydrogen (secondary N) is 2. The standard InChI is InChI=1S/C34H49N3O4/c1-3-5-18-30(4-2)32(38)35-22-13-12-19-31(36-34(40)41-26-29-16-10-7-11-17-29)33(39)37-23-20-28(21-24-37)25-27-14-8-6-9-15-27/h6-11,14-17,28,30-31H,3-5,12-13,18-26H2,1-2H3,(H,35,38)(H,36,40)/t30-,31+/m0/s1. The number of piperidine rings is 1. The maximum atomic E-state index is 13.6. The first kappa shape index (κ1) is 32.2. The van der Waals surface area contributed by atoms with E-state index in [1.165, 1.54) is 5.56 Å². The number of amides is 3. The van der Waals surface area contributed by atoms with Gasteiger partial charge in [-0.3, -0.25) is 9.59 Å². The molecule has 2 aromatic rings. The van der Waals surface area contributed by atoms with Crippen LogP contribution in [0.4, 0.5) is 4.79 Å². The summed E-state index contributed by atoms with van der Waals surface area (Å²) < 4.78 is 5.43. The van der Waals surface area contributed by atoms with Crippen molar-refractivity contribution in [3.63, 3.8) is 0 Å². The minimum Gasteiger partial charge on any atom is -0.445 e. The van der Waals surface area contributed by atoms with Crippen molar-refractivity contribution < 1.29 is 19.1 Å². The van der Waals surface area contributed by atoms with Crippen LogP contribution in [-0.4, -0.2) is 48.5 Å². The van der Waals surface area contributed by atoms with Crippen LogP contribution < -0.4 is 10.6 Å². The molecule has 0 aromatic heterocycles. The Balaban J connectivity index is 1.49. The van der Waals surface area contributed by atoms with Crippen molar-refractivity contribution in [1.29, 1.82) is 0 Å². The number of likely N-dealkylation sites (tertiary alicyclic amines) is 1. The third-order valence-electron chi connectivity index (χ3n) is 8.08. The summed E-state index contributed by atoms with van der Waals surface area (Å²) in [6, 6.07) is 19.4. The predicted molar refractivity (Wildman–Crippen MR) is 163 cm³/mol. The van der Waals surface area contributed by atoms with Crippen molar-refractivity contribution >= 4 is 17.9 Å². The van der Waals surface area contributed by atoms with E-state index in [1.807, 2.05) is 41.3 Å². The van der Waals surface area contributed by atoms with Gasteiger partial charge in [0.1, 0.15) is 12.6 Å². The second-order valence-corrected chi connectivity index (χ2v) is 11.3. The molecule has 41 heavy (non-hydrogen) atoms. The lowest BCUT2D eigenvalue weighted by molar-refractivity contribution is -0.135. The Morgan fingerprint density at radius 2 is 1.54 bits per heavy atom. The number of hydrogen-bond acceptors (Lipinski definition) is 4. The Bertz CT molecular complexity index is 1040. The lowest BCUT2D eigenvalue weighted by atomic mass is 9.90. The van der Waals surface area contributed by atoms with Gasteiger partial charge in [0.15, 0.2) is 0 Å². The molecule has 0 radical (unpaired) electrons. The third-order valence-corrected chi connectivity index (χ3v) is 8.08. The molecular weight excluding hydrogens is 514 g/mol. The minimum atomic E-state index is -0.646. The van der Waals surface area contributed by atoms with Gasteiger partial charge < -0.3 is 20.3 Å². The summed E-state index contributed by atoms with van der Waals surface area (Å²) in [6.45, 7) is 6.32. The average Bonchev–Trinajstić information content (AvgIpc) is 3.00. The summed E-state index contributed by atoms with van der Waals surface area (Å²) in [7, 11) is 0. The van der Waals surface area contributed by atoms with Gasteiger partial charge in [-0.2, -0.15) is 0 Å². The maximum absolute atomic E-state index is 13.6. The Morgan fingerprint density at radius 3 is 2.17 bits per heavy atom. The van der Waals surface area contributed by atoms with Gasteiger partial charge in [-0.1, -0.05) is 87.4 Å². The van der Waals surface area contributed by atoms with Crippen molar-refractivity contribution in [3.8, 4) is 0 Å². The molecular formula is C34H49N3O4. The van der Waals surface area contributed by atoms with Crippen molar-refractivity contribution in [2.75, 3.05) is 19.6 Å². The molecule has 0 aliphatic carbocycles. The topological polar surface area (TPSA) is 87.7 Å². The summed E-state index contributed by atoms with van der Waals surface area (Å²) >= 11 is 0. The van der Waals surface area contributed by atoms with Gasteiger partial charge >= 0.3 is 6.09 Å². The van der Waals surface area contributed by atoms with E-state index >= 15 is 0 Å². The summed E-state index contributed by atoms with van der Waals surface area (Å²) in [6.07, 6.45) is 8.24. The molecule has 2 N–H and O–H groups in total. The molecule has 2 aromatic carbocycles. The molecule has 1 heterocycles. The van der Waals surface area contributed by atoms with Crippen LogP contribution in [0.3, 0.4) is 0 Å². The van der Waals surface area contributed by atoms with E-state index in [-0.39, 0.29) is 24.3 Å². The van der Waals surface area contributed by atoms with E-state index in [0.717, 1.165) is 56.9 Å². The SMILES string of the molecule is CCCC[C@H](CC)C(=O)NCCCC[C@@H](NC(=O)OCc1ccccc1)C(=O)N1CCC(Cc2ccccc2)CC1. The number of nitrogens with zero attached hydrogens (tertiary/aromatic N) is 1. The maximum Gasteiger partial charge on any atom is 0.408 e. The predicted octanol–water partition coefficient (Wildman–Crippen LogP) is 6.27. The lowest BCUT2D eigenvalue weighted by Crippen LogP contribution is -2.51. The Hall–Kier alpha value is -3.35. The molecule has 3 rings (SSSR count). The molecule has 1 aliphatic heterocycles. The van der Waals surface area contributed by atoms with Crippen molar-refractivity contribution in [2.45, 2.75) is 90.7 Å². The largest absolute Gasteiger partial charge is 0.445 e. The van der Waals surface area contributed by atoms with Crippen LogP contribution in [0.25, 0.3) is 0 Å². The van der Waals surface area contributed by atoms with E-state index in [2.05, 4.69) is 48.7 Å². The number of unbranched alkanes of at least 4 members (excludes halogenated alkanes) is 2. The normalized spacial score (nSPS) is 15.1. The van der Waals surface area contributed by atoms with Gasteiger partial charge in [0, 0.05) is 25.6 Å². The first-order chi connectivity index (χ1) is 20.0. The summed E-state index contributed by atoms with van der Waals surface area (Å²) in [5, 5.41) is 5.91. The van der Waals surface area contributed by atoms with Gasteiger partial charge in [-0.25, -0.2) is 4.79 Å². The summed E-state index contributed by atoms with van der Waals surface area (Å²) in [5.74, 6) is 0.691. The fraction of sp³-hybridized carbons (Fsp3) is 0.559. The number of carbonyl (C=O) groups is 3. The monoisotopic (exact) mass is 563 g/mol. The van der Waals surface area contributed by atoms with E-state index in [1.54, 1.807) is 0 Å². The molecule has 7 heteroatoms. The zero-order valence-corrected chi connectivity index (χ0v) is 25.0. The molecule has 7 nitrogen and oxygen atoms in total. The second kappa shape index (κ2) is 18.2. The zero-order valence-electron chi connectivity index (χ0n) is 25.0. The van der Waals surface area contributed by atoms with Crippen molar-refractivity contribution in [1.82, 2.24) is 15.5 Å². The van der Waals surface area contributed by atoms with E-state index in [4.69, 9.17) is 4.74 Å². The molecule has 0 saturated carbocycles. The van der Waals surface area contributed by atoms with Gasteiger partial charge in [-0.05, 0) is 68.4 Å². The highest BCUT2D eigenvalue weighted by molar-refractivity contribution is 5.85. The van der Waals surface area contributed by atoms with E-state index in [0.29, 0.717) is 38.4 Å².